The molecule has 3 heterocycles. The summed E-state index contributed by atoms with van der Waals surface area (Å²) in [6, 6.07) is 1.94. The van der Waals surface area contributed by atoms with E-state index in [0.717, 1.165) is 11.2 Å². The zero-order valence-corrected chi connectivity index (χ0v) is 11.1. The molecule has 5 nitrogen and oxygen atoms in total. The highest BCUT2D eigenvalue weighted by atomic mass is 16.7. The molecule has 1 saturated heterocycles. The van der Waals surface area contributed by atoms with Gasteiger partial charge in [-0.25, -0.2) is 0 Å². The largest absolute Gasteiger partial charge is 0.512 e. The molecule has 1 aromatic rings. The molecule has 2 aliphatic rings. The maximum Gasteiger partial charge on any atom is 0.512 e. The van der Waals surface area contributed by atoms with E-state index < -0.39 is 7.12 Å². The Morgan fingerprint density at radius 3 is 2.39 bits per heavy atom. The summed E-state index contributed by atoms with van der Waals surface area (Å²) < 4.78 is 11.9. The van der Waals surface area contributed by atoms with Crippen molar-refractivity contribution in [2.45, 2.75) is 45.4 Å². The average molecular weight is 248 g/mol. The van der Waals surface area contributed by atoms with E-state index in [-0.39, 0.29) is 17.1 Å². The van der Waals surface area contributed by atoms with Crippen molar-refractivity contribution in [1.82, 2.24) is 10.3 Å². The third-order valence-electron chi connectivity index (χ3n) is 4.09. The molecule has 0 radical (unpaired) electrons. The van der Waals surface area contributed by atoms with E-state index in [1.165, 1.54) is 0 Å². The van der Waals surface area contributed by atoms with Gasteiger partial charge in [0.1, 0.15) is 5.69 Å². The molecule has 18 heavy (non-hydrogen) atoms. The van der Waals surface area contributed by atoms with Crippen molar-refractivity contribution in [3.63, 3.8) is 0 Å². The number of carbonyl (C=O) groups is 1. The SMILES string of the molecule is CC1(C)OB(c2cc3c([nH]2)C(=O)NC3)OC1(C)C. The smallest absolute Gasteiger partial charge is 0.398 e. The van der Waals surface area contributed by atoms with Gasteiger partial charge in [-0.1, -0.05) is 0 Å². The molecule has 0 spiro atoms. The second kappa shape index (κ2) is 3.39. The van der Waals surface area contributed by atoms with E-state index in [1.54, 1.807) is 0 Å². The summed E-state index contributed by atoms with van der Waals surface area (Å²) in [5.74, 6) is -0.0623. The van der Waals surface area contributed by atoms with Gasteiger partial charge in [0, 0.05) is 17.7 Å². The number of aromatic amines is 1. The zero-order chi connectivity index (χ0) is 13.1. The number of nitrogens with one attached hydrogen (secondary N) is 2. The first kappa shape index (κ1) is 11.8. The predicted octanol–water partition coefficient (Wildman–Crippen LogP) is 0.557. The molecular formula is C12H17BN2O3. The summed E-state index contributed by atoms with van der Waals surface area (Å²) in [4.78, 5) is 14.6. The van der Waals surface area contributed by atoms with Gasteiger partial charge in [-0.05, 0) is 33.8 Å². The lowest BCUT2D eigenvalue weighted by atomic mass is 9.85. The van der Waals surface area contributed by atoms with E-state index >= 15 is 0 Å². The van der Waals surface area contributed by atoms with Crippen molar-refractivity contribution in [2.75, 3.05) is 0 Å². The molecule has 1 amide bonds. The Labute approximate surface area is 106 Å². The summed E-state index contributed by atoms with van der Waals surface area (Å²) in [7, 11) is -0.437. The molecule has 6 heteroatoms. The first-order valence-electron chi connectivity index (χ1n) is 6.16. The molecule has 1 fully saturated rings. The van der Waals surface area contributed by atoms with Gasteiger partial charge in [0.05, 0.1) is 11.2 Å². The van der Waals surface area contributed by atoms with Crippen LogP contribution in [-0.4, -0.2) is 29.2 Å². The Morgan fingerprint density at radius 1 is 1.22 bits per heavy atom. The van der Waals surface area contributed by atoms with Gasteiger partial charge in [-0.3, -0.25) is 4.79 Å². The number of rotatable bonds is 1. The van der Waals surface area contributed by atoms with Crippen molar-refractivity contribution in [3.8, 4) is 0 Å². The molecule has 0 atom stereocenters. The highest BCUT2D eigenvalue weighted by Crippen LogP contribution is 2.36. The fraction of sp³-hybridized carbons (Fsp3) is 0.583. The average Bonchev–Trinajstić information content (AvgIpc) is 2.84. The number of amides is 1. The molecule has 2 N–H and O–H groups in total. The third-order valence-corrected chi connectivity index (χ3v) is 4.09. The van der Waals surface area contributed by atoms with E-state index in [2.05, 4.69) is 10.3 Å². The lowest BCUT2D eigenvalue weighted by Gasteiger charge is -2.32. The zero-order valence-electron chi connectivity index (χ0n) is 11.1. The minimum absolute atomic E-state index is 0.0623. The molecule has 0 unspecified atom stereocenters. The van der Waals surface area contributed by atoms with Crippen molar-refractivity contribution >= 4 is 18.6 Å². The molecule has 2 aliphatic heterocycles. The Morgan fingerprint density at radius 2 is 1.83 bits per heavy atom. The number of aromatic nitrogens is 1. The fourth-order valence-corrected chi connectivity index (χ4v) is 2.22. The predicted molar refractivity (Wildman–Crippen MR) is 67.7 cm³/mol. The number of hydrogen-bond donors (Lipinski definition) is 2. The van der Waals surface area contributed by atoms with E-state index in [1.807, 2.05) is 33.8 Å². The maximum absolute atomic E-state index is 11.5. The number of hydrogen-bond acceptors (Lipinski definition) is 3. The Kier molecular flexibility index (Phi) is 2.22. The molecule has 0 bridgehead atoms. The van der Waals surface area contributed by atoms with Gasteiger partial charge in [-0.2, -0.15) is 0 Å². The van der Waals surface area contributed by atoms with Crippen LogP contribution in [0.5, 0.6) is 0 Å². The molecule has 0 saturated carbocycles. The molecule has 3 rings (SSSR count). The van der Waals surface area contributed by atoms with Gasteiger partial charge < -0.3 is 19.6 Å². The summed E-state index contributed by atoms with van der Waals surface area (Å²) in [6.07, 6.45) is 0. The quantitative estimate of drug-likeness (QED) is 0.713. The van der Waals surface area contributed by atoms with Crippen LogP contribution in [0.15, 0.2) is 6.07 Å². The third kappa shape index (κ3) is 1.52. The van der Waals surface area contributed by atoms with Crippen molar-refractivity contribution in [1.29, 1.82) is 0 Å². The summed E-state index contributed by atoms with van der Waals surface area (Å²) in [6.45, 7) is 8.61. The number of fused-ring (bicyclic) bond motifs is 1. The number of carbonyl (C=O) groups excluding carboxylic acids is 1. The summed E-state index contributed by atoms with van der Waals surface area (Å²) in [5.41, 5.74) is 1.68. The van der Waals surface area contributed by atoms with Gasteiger partial charge in [0.2, 0.25) is 0 Å². The second-order valence-corrected chi connectivity index (χ2v) is 5.90. The normalized spacial score (nSPS) is 24.2. The molecule has 96 valence electrons. The molecule has 0 aliphatic carbocycles. The molecule has 0 aromatic carbocycles. The second-order valence-electron chi connectivity index (χ2n) is 5.90. The van der Waals surface area contributed by atoms with Crippen LogP contribution in [0.4, 0.5) is 0 Å². The maximum atomic E-state index is 11.5. The summed E-state index contributed by atoms with van der Waals surface area (Å²) in [5, 5.41) is 2.76. The van der Waals surface area contributed by atoms with E-state index in [0.29, 0.717) is 12.2 Å². The summed E-state index contributed by atoms with van der Waals surface area (Å²) >= 11 is 0. The fourth-order valence-electron chi connectivity index (χ4n) is 2.22. The van der Waals surface area contributed by atoms with Crippen LogP contribution in [0.25, 0.3) is 0 Å². The van der Waals surface area contributed by atoms with Gasteiger partial charge in [-0.15, -0.1) is 0 Å². The van der Waals surface area contributed by atoms with Crippen molar-refractivity contribution in [2.24, 2.45) is 0 Å². The van der Waals surface area contributed by atoms with Crippen LogP contribution < -0.4 is 10.9 Å². The van der Waals surface area contributed by atoms with Gasteiger partial charge in [0.15, 0.2) is 0 Å². The van der Waals surface area contributed by atoms with Crippen LogP contribution >= 0.6 is 0 Å². The first-order valence-corrected chi connectivity index (χ1v) is 6.16. The van der Waals surface area contributed by atoms with Crippen molar-refractivity contribution in [3.05, 3.63) is 17.3 Å². The lowest BCUT2D eigenvalue weighted by molar-refractivity contribution is 0.00578. The molecular weight excluding hydrogens is 231 g/mol. The lowest BCUT2D eigenvalue weighted by Crippen LogP contribution is -2.41. The Hall–Kier alpha value is -1.27. The van der Waals surface area contributed by atoms with Crippen LogP contribution in [0, 0.1) is 0 Å². The van der Waals surface area contributed by atoms with Crippen LogP contribution in [-0.2, 0) is 15.9 Å². The van der Waals surface area contributed by atoms with E-state index in [9.17, 15) is 4.79 Å². The van der Waals surface area contributed by atoms with Crippen LogP contribution in [0.1, 0.15) is 43.7 Å². The highest BCUT2D eigenvalue weighted by molar-refractivity contribution is 6.61. The minimum atomic E-state index is -0.437. The van der Waals surface area contributed by atoms with Crippen molar-refractivity contribution < 1.29 is 14.1 Å². The Bertz CT molecular complexity index is 505. The van der Waals surface area contributed by atoms with E-state index in [4.69, 9.17) is 9.31 Å². The topological polar surface area (TPSA) is 63.4 Å². The highest BCUT2D eigenvalue weighted by Gasteiger charge is 2.52. The van der Waals surface area contributed by atoms with Gasteiger partial charge >= 0.3 is 7.12 Å². The van der Waals surface area contributed by atoms with Gasteiger partial charge in [0.25, 0.3) is 5.91 Å². The monoisotopic (exact) mass is 248 g/mol. The first-order chi connectivity index (χ1) is 8.30. The van der Waals surface area contributed by atoms with Crippen LogP contribution in [0.3, 0.4) is 0 Å². The Balaban J connectivity index is 1.90. The molecule has 1 aromatic heterocycles. The standard InChI is InChI=1S/C12H17BN2O3/c1-11(2)12(3,4)18-13(17-11)8-5-7-6-14-10(16)9(7)15-8/h5,15H,6H2,1-4H3,(H,14,16). The van der Waals surface area contributed by atoms with Crippen LogP contribution in [0.2, 0.25) is 0 Å². The minimum Gasteiger partial charge on any atom is -0.398 e. The number of H-pyrrole nitrogens is 1.